The van der Waals surface area contributed by atoms with E-state index in [0.717, 1.165) is 0 Å². The van der Waals surface area contributed by atoms with Crippen molar-refractivity contribution in [2.24, 2.45) is 0 Å². The third-order valence-corrected chi connectivity index (χ3v) is 3.39. The van der Waals surface area contributed by atoms with Crippen LogP contribution in [0.25, 0.3) is 10.9 Å². The molecular weight excluding hydrogens is 266 g/mol. The van der Waals surface area contributed by atoms with Crippen molar-refractivity contribution in [3.8, 4) is 0 Å². The van der Waals surface area contributed by atoms with Gasteiger partial charge in [-0.1, -0.05) is 6.04 Å². The van der Waals surface area contributed by atoms with Crippen molar-refractivity contribution in [1.29, 1.82) is 0 Å². The highest BCUT2D eigenvalue weighted by molar-refractivity contribution is 5.84. The number of nitrogens with one attached hydrogen (secondary N) is 2. The summed E-state index contributed by atoms with van der Waals surface area (Å²) in [5.41, 5.74) is 0.956. The summed E-state index contributed by atoms with van der Waals surface area (Å²) in [5, 5.41) is 2.95. The number of carbonyl (C=O) groups is 1. The highest BCUT2D eigenvalue weighted by atomic mass is 16.6. The van der Waals surface area contributed by atoms with Crippen LogP contribution in [0, 0.1) is 0 Å². The predicted octanol–water partition coefficient (Wildman–Crippen LogP) is 1.92. The van der Waals surface area contributed by atoms with Gasteiger partial charge in [0, 0.05) is 27.7 Å². The van der Waals surface area contributed by atoms with Crippen molar-refractivity contribution in [1.82, 2.24) is 15.2 Å². The van der Waals surface area contributed by atoms with Crippen LogP contribution in [-0.4, -0.2) is 49.2 Å². The van der Waals surface area contributed by atoms with Gasteiger partial charge in [0.2, 0.25) is 0 Å². The Morgan fingerprint density at radius 1 is 1.57 bits per heavy atom. The van der Waals surface area contributed by atoms with E-state index in [2.05, 4.69) is 10.3 Å². The van der Waals surface area contributed by atoms with Gasteiger partial charge in [0.05, 0.1) is 11.5 Å². The zero-order valence-corrected chi connectivity index (χ0v) is 11.7. The number of carbonyl (C=O) groups excluding carboxylic acids is 1. The highest BCUT2D eigenvalue weighted by Gasteiger charge is 2.22. The molecule has 1 aliphatic rings. The molecule has 5 heteroatoms. The van der Waals surface area contributed by atoms with Crippen molar-refractivity contribution in [3.63, 3.8) is 0 Å². The maximum atomic E-state index is 11.2. The maximum Gasteiger partial charge on any atom is 0.407 e. The van der Waals surface area contributed by atoms with E-state index in [1.165, 1.54) is 11.9 Å². The van der Waals surface area contributed by atoms with E-state index in [1.54, 1.807) is 0 Å². The Balaban J connectivity index is 2.01. The molecule has 1 aromatic carbocycles. The number of alkyl carbamates (subject to hydrolysis) is 1. The molecule has 112 valence electrons. The summed E-state index contributed by atoms with van der Waals surface area (Å²) in [6.07, 6.45) is -0.180. The number of hydrogen-bond acceptors (Lipinski definition) is 3. The van der Waals surface area contributed by atoms with Crippen molar-refractivity contribution in [2.75, 3.05) is 27.2 Å². The average Bonchev–Trinajstić information content (AvgIpc) is 3.16. The molecule has 1 aromatic heterocycles. The van der Waals surface area contributed by atoms with Gasteiger partial charge in [-0.15, -0.1) is 0 Å². The van der Waals surface area contributed by atoms with E-state index in [4.69, 9.17) is 14.3 Å². The molecule has 0 unspecified atom stereocenters. The molecule has 3 rings (SSSR count). The molecule has 2 N–H and O–H groups in total. The SMILES string of the molecule is [2H]c1[nH]c2c([2H])c([2H])c(C[C@H]3COC(=O)N3)c([2H])c2c1CCN(C)C([2H])([2H])[2H]. The van der Waals surface area contributed by atoms with Gasteiger partial charge in [0.25, 0.3) is 0 Å². The normalized spacial score (nSPS) is 23.6. The summed E-state index contributed by atoms with van der Waals surface area (Å²) in [5.74, 6) is 0. The van der Waals surface area contributed by atoms with Crippen molar-refractivity contribution >= 4 is 17.0 Å². The summed E-state index contributed by atoms with van der Waals surface area (Å²) in [7, 11) is 1.46. The minimum absolute atomic E-state index is 0.00462. The number of cyclic esters (lactones) is 1. The van der Waals surface area contributed by atoms with Crippen LogP contribution in [0.5, 0.6) is 0 Å². The Kier molecular flexibility index (Phi) is 2.16. The first-order chi connectivity index (χ1) is 13.0. The van der Waals surface area contributed by atoms with Crippen molar-refractivity contribution in [3.05, 3.63) is 35.4 Å². The van der Waals surface area contributed by atoms with E-state index < -0.39 is 19.1 Å². The molecule has 0 radical (unpaired) electrons. The lowest BCUT2D eigenvalue weighted by molar-refractivity contribution is 0.177. The minimum atomic E-state index is -2.27. The Morgan fingerprint density at radius 3 is 3.24 bits per heavy atom. The predicted molar refractivity (Wildman–Crippen MR) is 82.5 cm³/mol. The fourth-order valence-electron chi connectivity index (χ4n) is 2.32. The van der Waals surface area contributed by atoms with E-state index in [-0.39, 0.29) is 61.4 Å². The quantitative estimate of drug-likeness (QED) is 0.886. The van der Waals surface area contributed by atoms with Crippen LogP contribution in [0.15, 0.2) is 24.3 Å². The lowest BCUT2D eigenvalue weighted by Crippen LogP contribution is -2.28. The molecule has 21 heavy (non-hydrogen) atoms. The molecule has 1 amide bonds. The zero-order chi connectivity index (χ0) is 20.8. The molecule has 1 fully saturated rings. The number of H-pyrrole nitrogens is 1. The summed E-state index contributed by atoms with van der Waals surface area (Å²) < 4.78 is 60.4. The number of nitrogens with zero attached hydrogens (tertiary/aromatic N) is 1. The lowest BCUT2D eigenvalue weighted by atomic mass is 10.0. The molecule has 0 aliphatic carbocycles. The van der Waals surface area contributed by atoms with Crippen LogP contribution in [0.1, 0.15) is 20.7 Å². The highest BCUT2D eigenvalue weighted by Crippen LogP contribution is 2.21. The largest absolute Gasteiger partial charge is 0.447 e. The maximum absolute atomic E-state index is 11.2. The molecule has 5 nitrogen and oxygen atoms in total. The number of hydrogen-bond donors (Lipinski definition) is 2. The van der Waals surface area contributed by atoms with Crippen LogP contribution < -0.4 is 5.32 Å². The van der Waals surface area contributed by atoms with Crippen LogP contribution in [0.3, 0.4) is 0 Å². The second-order valence-corrected chi connectivity index (χ2v) is 5.15. The summed E-state index contributed by atoms with van der Waals surface area (Å²) in [4.78, 5) is 15.2. The molecule has 1 atom stereocenters. The smallest absolute Gasteiger partial charge is 0.407 e. The molecule has 2 aromatic rings. The second-order valence-electron chi connectivity index (χ2n) is 5.15. The average molecular weight is 294 g/mol. The number of amides is 1. The van der Waals surface area contributed by atoms with Crippen LogP contribution >= 0.6 is 0 Å². The first kappa shape index (κ1) is 7.84. The molecule has 0 saturated carbocycles. The van der Waals surface area contributed by atoms with Crippen LogP contribution in [0.4, 0.5) is 4.79 Å². The minimum Gasteiger partial charge on any atom is -0.447 e. The van der Waals surface area contributed by atoms with Gasteiger partial charge in [-0.25, -0.2) is 4.79 Å². The topological polar surface area (TPSA) is 57.4 Å². The van der Waals surface area contributed by atoms with Gasteiger partial charge in [0.15, 0.2) is 0 Å². The Bertz CT molecular complexity index is 926. The van der Waals surface area contributed by atoms with Crippen LogP contribution in [-0.2, 0) is 17.6 Å². The number of benzene rings is 1. The third-order valence-electron chi connectivity index (χ3n) is 3.39. The van der Waals surface area contributed by atoms with Crippen LogP contribution in [0.2, 0.25) is 0 Å². The number of fused-ring (bicyclic) bond motifs is 1. The Hall–Kier alpha value is -2.01. The summed E-state index contributed by atoms with van der Waals surface area (Å²) >= 11 is 0. The second kappa shape index (κ2) is 5.77. The summed E-state index contributed by atoms with van der Waals surface area (Å²) in [6, 6.07) is -0.642. The van der Waals surface area contributed by atoms with Gasteiger partial charge in [-0.3, -0.25) is 0 Å². The van der Waals surface area contributed by atoms with E-state index in [1.807, 2.05) is 0 Å². The third kappa shape index (κ3) is 3.19. The van der Waals surface area contributed by atoms with E-state index in [9.17, 15) is 4.79 Å². The molecule has 2 heterocycles. The zero-order valence-electron chi connectivity index (χ0n) is 18.7. The lowest BCUT2D eigenvalue weighted by Gasteiger charge is -2.09. The first-order valence-electron chi connectivity index (χ1n) is 10.2. The molecule has 0 spiro atoms. The number of aromatic nitrogens is 1. The van der Waals surface area contributed by atoms with Crippen molar-refractivity contribution in [2.45, 2.75) is 18.9 Å². The number of rotatable bonds is 5. The molecule has 1 saturated heterocycles. The fourth-order valence-corrected chi connectivity index (χ4v) is 2.32. The van der Waals surface area contributed by atoms with Gasteiger partial charge in [-0.05, 0) is 50.1 Å². The monoisotopic (exact) mass is 294 g/mol. The van der Waals surface area contributed by atoms with E-state index in [0.29, 0.717) is 10.9 Å². The van der Waals surface area contributed by atoms with E-state index >= 15 is 0 Å². The Labute approximate surface area is 134 Å². The standard InChI is InChI=1S/C16H21N3O2/c1-19(2)6-5-12-9-17-15-4-3-11(8-14(12)15)7-13-10-21-16(20)18-13/h3-4,8-9,13,17H,5-7,10H2,1-2H3,(H,18,20)/t13-/m0/s1/i1D3,3D,4D,8D,9D. The van der Waals surface area contributed by atoms with Gasteiger partial charge in [0.1, 0.15) is 6.61 Å². The fraction of sp³-hybridized carbons (Fsp3) is 0.438. The van der Waals surface area contributed by atoms with Gasteiger partial charge < -0.3 is 19.9 Å². The Morgan fingerprint density at radius 2 is 2.48 bits per heavy atom. The molecule has 0 bridgehead atoms. The van der Waals surface area contributed by atoms with Gasteiger partial charge in [-0.2, -0.15) is 0 Å². The van der Waals surface area contributed by atoms with Crippen molar-refractivity contribution < 1.29 is 19.1 Å². The molecular formula is C16H21N3O2. The molecule has 1 aliphatic heterocycles. The van der Waals surface area contributed by atoms with Gasteiger partial charge >= 0.3 is 6.09 Å². The first-order valence-corrected chi connectivity index (χ1v) is 6.75. The number of likely N-dealkylation sites (N-methyl/N-ethyl adjacent to an activating group) is 1. The number of ether oxygens (including phenoxy) is 1. The number of aromatic amines is 1. The summed E-state index contributed by atoms with van der Waals surface area (Å²) in [6.45, 7) is -2.00.